The van der Waals surface area contributed by atoms with E-state index in [2.05, 4.69) is 49.8 Å². The number of hydrogen-bond acceptors (Lipinski definition) is 2. The summed E-state index contributed by atoms with van der Waals surface area (Å²) >= 11 is 7.01. The first kappa shape index (κ1) is 14.7. The highest BCUT2D eigenvalue weighted by atomic mass is 79.9. The quantitative estimate of drug-likeness (QED) is 0.577. The van der Waals surface area contributed by atoms with Crippen LogP contribution < -0.4 is 10.1 Å². The van der Waals surface area contributed by atoms with E-state index in [0.29, 0.717) is 6.61 Å². The van der Waals surface area contributed by atoms with Crippen molar-refractivity contribution in [3.05, 3.63) is 39.3 Å². The van der Waals surface area contributed by atoms with Crippen LogP contribution in [-0.2, 0) is 6.54 Å². The molecule has 0 saturated carbocycles. The molecule has 17 heavy (non-hydrogen) atoms. The highest BCUT2D eigenvalue weighted by Gasteiger charge is 2.09. The van der Waals surface area contributed by atoms with Gasteiger partial charge in [-0.1, -0.05) is 22.0 Å². The minimum absolute atomic E-state index is 0.667. The lowest BCUT2D eigenvalue weighted by Crippen LogP contribution is -2.15. The van der Waals surface area contributed by atoms with E-state index < -0.39 is 0 Å². The molecule has 0 saturated heterocycles. The highest BCUT2D eigenvalue weighted by molar-refractivity contribution is 9.11. The third-order valence-electron chi connectivity index (χ3n) is 2.21. The maximum atomic E-state index is 5.65. The third-order valence-corrected chi connectivity index (χ3v) is 3.26. The zero-order valence-electron chi connectivity index (χ0n) is 9.93. The predicted octanol–water partition coefficient (Wildman–Crippen LogP) is 4.28. The van der Waals surface area contributed by atoms with E-state index >= 15 is 0 Å². The second-order valence-corrected chi connectivity index (χ2v) is 5.33. The Morgan fingerprint density at radius 1 is 1.41 bits per heavy atom. The van der Waals surface area contributed by atoms with Crippen LogP contribution in [0, 0.1) is 0 Å². The molecule has 0 amide bonds. The van der Waals surface area contributed by atoms with Gasteiger partial charge < -0.3 is 10.1 Å². The second-order valence-electron chi connectivity index (χ2n) is 3.56. The lowest BCUT2D eigenvalue weighted by atomic mass is 10.2. The molecule has 0 atom stereocenters. The van der Waals surface area contributed by atoms with Crippen LogP contribution in [0.5, 0.6) is 5.75 Å². The van der Waals surface area contributed by atoms with Crippen molar-refractivity contribution in [2.24, 2.45) is 0 Å². The van der Waals surface area contributed by atoms with E-state index in [1.54, 1.807) is 0 Å². The fourth-order valence-corrected chi connectivity index (χ4v) is 2.91. The summed E-state index contributed by atoms with van der Waals surface area (Å²) in [5, 5.41) is 3.36. The van der Waals surface area contributed by atoms with E-state index in [4.69, 9.17) is 4.74 Å². The molecular formula is C13H17Br2NO. The van der Waals surface area contributed by atoms with Crippen molar-refractivity contribution in [3.8, 4) is 5.75 Å². The zero-order chi connectivity index (χ0) is 12.7. The molecule has 0 radical (unpaired) electrons. The number of rotatable bonds is 7. The Balaban J connectivity index is 2.76. The normalized spacial score (nSPS) is 10.3. The summed E-state index contributed by atoms with van der Waals surface area (Å²) in [5.41, 5.74) is 1.15. The van der Waals surface area contributed by atoms with E-state index in [9.17, 15) is 0 Å². The van der Waals surface area contributed by atoms with Gasteiger partial charge in [0.25, 0.3) is 0 Å². The minimum atomic E-state index is 0.667. The highest BCUT2D eigenvalue weighted by Crippen LogP contribution is 2.32. The van der Waals surface area contributed by atoms with Gasteiger partial charge in [0.1, 0.15) is 5.75 Å². The first-order valence-electron chi connectivity index (χ1n) is 5.61. The Bertz CT molecular complexity index is 380. The van der Waals surface area contributed by atoms with E-state index in [1.165, 1.54) is 0 Å². The molecule has 0 heterocycles. The monoisotopic (exact) mass is 361 g/mol. The average Bonchev–Trinajstić information content (AvgIpc) is 2.29. The Morgan fingerprint density at radius 3 is 2.82 bits per heavy atom. The van der Waals surface area contributed by atoms with Crippen LogP contribution in [0.3, 0.4) is 0 Å². The van der Waals surface area contributed by atoms with Crippen molar-refractivity contribution < 1.29 is 4.74 Å². The van der Waals surface area contributed by atoms with E-state index in [-0.39, 0.29) is 0 Å². The summed E-state index contributed by atoms with van der Waals surface area (Å²) in [6.45, 7) is 8.08. The topological polar surface area (TPSA) is 21.3 Å². The summed E-state index contributed by atoms with van der Waals surface area (Å²) in [5.74, 6) is 0.918. The number of ether oxygens (including phenoxy) is 1. The van der Waals surface area contributed by atoms with Gasteiger partial charge >= 0.3 is 0 Å². The van der Waals surface area contributed by atoms with E-state index in [1.807, 2.05) is 19.1 Å². The minimum Gasteiger partial charge on any atom is -0.492 e. The Labute approximate surface area is 120 Å². The molecule has 0 spiro atoms. The molecule has 4 heteroatoms. The molecule has 0 aliphatic rings. The van der Waals surface area contributed by atoms with Crippen molar-refractivity contribution in [1.82, 2.24) is 5.32 Å². The van der Waals surface area contributed by atoms with Crippen molar-refractivity contribution in [3.63, 3.8) is 0 Å². The maximum absolute atomic E-state index is 5.65. The molecule has 0 aliphatic heterocycles. The van der Waals surface area contributed by atoms with Crippen LogP contribution >= 0.6 is 31.9 Å². The van der Waals surface area contributed by atoms with Gasteiger partial charge in [-0.2, -0.15) is 0 Å². The molecule has 0 fully saturated rings. The molecule has 2 nitrogen and oxygen atoms in total. The van der Waals surface area contributed by atoms with Crippen molar-refractivity contribution >= 4 is 31.9 Å². The van der Waals surface area contributed by atoms with E-state index in [0.717, 1.165) is 39.8 Å². The summed E-state index contributed by atoms with van der Waals surface area (Å²) in [6, 6.07) is 4.08. The van der Waals surface area contributed by atoms with Gasteiger partial charge in [0.2, 0.25) is 0 Å². The van der Waals surface area contributed by atoms with Crippen LogP contribution in [0.15, 0.2) is 33.7 Å². The number of benzene rings is 1. The van der Waals surface area contributed by atoms with Crippen molar-refractivity contribution in [1.29, 1.82) is 0 Å². The SMILES string of the molecule is C=CCCNCc1cc(Br)cc(Br)c1OCC. The molecule has 0 aliphatic carbocycles. The molecule has 0 unspecified atom stereocenters. The van der Waals surface area contributed by atoms with Crippen LogP contribution in [0.1, 0.15) is 18.9 Å². The smallest absolute Gasteiger partial charge is 0.138 e. The van der Waals surface area contributed by atoms with Gasteiger partial charge in [0.05, 0.1) is 11.1 Å². The fraction of sp³-hybridized carbons (Fsp3) is 0.385. The Hall–Kier alpha value is -0.320. The molecule has 1 aromatic carbocycles. The van der Waals surface area contributed by atoms with Crippen molar-refractivity contribution in [2.75, 3.05) is 13.2 Å². The van der Waals surface area contributed by atoms with Gasteiger partial charge in [0.15, 0.2) is 0 Å². The fourth-order valence-electron chi connectivity index (χ4n) is 1.48. The number of nitrogens with one attached hydrogen (secondary N) is 1. The van der Waals surface area contributed by atoms with Crippen LogP contribution in [0.2, 0.25) is 0 Å². The molecular weight excluding hydrogens is 346 g/mol. The summed E-state index contributed by atoms with van der Waals surface area (Å²) in [4.78, 5) is 0. The van der Waals surface area contributed by atoms with Gasteiger partial charge in [-0.25, -0.2) is 0 Å². The lowest BCUT2D eigenvalue weighted by Gasteiger charge is -2.13. The maximum Gasteiger partial charge on any atom is 0.138 e. The summed E-state index contributed by atoms with van der Waals surface area (Å²) in [7, 11) is 0. The molecule has 1 rings (SSSR count). The first-order valence-corrected chi connectivity index (χ1v) is 7.20. The molecule has 1 aromatic rings. The standard InChI is InChI=1S/C13H17Br2NO/c1-3-5-6-16-9-10-7-11(14)8-12(15)13(10)17-4-2/h3,7-8,16H,1,4-6,9H2,2H3. The van der Waals surface area contributed by atoms with Crippen LogP contribution in [0.4, 0.5) is 0 Å². The van der Waals surface area contributed by atoms with Crippen LogP contribution in [-0.4, -0.2) is 13.2 Å². The van der Waals surface area contributed by atoms with Gasteiger partial charge in [0, 0.05) is 16.6 Å². The third kappa shape index (κ3) is 4.82. The molecule has 0 bridgehead atoms. The Morgan fingerprint density at radius 2 is 2.18 bits per heavy atom. The molecule has 94 valence electrons. The largest absolute Gasteiger partial charge is 0.492 e. The van der Waals surface area contributed by atoms with Crippen LogP contribution in [0.25, 0.3) is 0 Å². The number of hydrogen-bond donors (Lipinski definition) is 1. The second kappa shape index (κ2) is 7.90. The Kier molecular flexibility index (Phi) is 6.85. The van der Waals surface area contributed by atoms with Gasteiger partial charge in [-0.05, 0) is 48.0 Å². The summed E-state index contributed by atoms with van der Waals surface area (Å²) < 4.78 is 7.68. The zero-order valence-corrected chi connectivity index (χ0v) is 13.1. The van der Waals surface area contributed by atoms with Gasteiger partial charge in [-0.3, -0.25) is 0 Å². The molecule has 0 aromatic heterocycles. The predicted molar refractivity (Wildman–Crippen MR) is 79.5 cm³/mol. The molecule has 1 N–H and O–H groups in total. The van der Waals surface area contributed by atoms with Crippen molar-refractivity contribution in [2.45, 2.75) is 19.9 Å². The summed E-state index contributed by atoms with van der Waals surface area (Å²) in [6.07, 6.45) is 2.88. The number of halogens is 2. The van der Waals surface area contributed by atoms with Gasteiger partial charge in [-0.15, -0.1) is 6.58 Å². The lowest BCUT2D eigenvalue weighted by molar-refractivity contribution is 0.333. The first-order chi connectivity index (χ1) is 8.19. The average molecular weight is 363 g/mol.